The maximum absolute atomic E-state index is 13.9. The van der Waals surface area contributed by atoms with Crippen LogP contribution in [-0.2, 0) is 20.4 Å². The molecule has 1 heterocycles. The van der Waals surface area contributed by atoms with Gasteiger partial charge in [-0.05, 0) is 48.9 Å². The van der Waals surface area contributed by atoms with E-state index >= 15 is 0 Å². The first-order valence-electron chi connectivity index (χ1n) is 10.3. The summed E-state index contributed by atoms with van der Waals surface area (Å²) in [5.74, 6) is -1.14. The summed E-state index contributed by atoms with van der Waals surface area (Å²) in [5, 5.41) is 9.99. The fourth-order valence-electron chi connectivity index (χ4n) is 5.17. The van der Waals surface area contributed by atoms with Gasteiger partial charge in [0.25, 0.3) is 0 Å². The number of nitrogens with zero attached hydrogens (tertiary/aromatic N) is 1. The van der Waals surface area contributed by atoms with Crippen LogP contribution in [-0.4, -0.2) is 35.0 Å². The lowest BCUT2D eigenvalue weighted by Crippen LogP contribution is -2.53. The van der Waals surface area contributed by atoms with Crippen molar-refractivity contribution in [2.24, 2.45) is 0 Å². The molecule has 1 aliphatic carbocycles. The number of likely N-dealkylation sites (tertiary alicyclic amines) is 1. The van der Waals surface area contributed by atoms with Crippen molar-refractivity contribution in [3.05, 3.63) is 71.5 Å². The Morgan fingerprint density at radius 3 is 2.03 bits per heavy atom. The van der Waals surface area contributed by atoms with E-state index in [0.29, 0.717) is 38.8 Å². The number of carboxylic acids is 1. The van der Waals surface area contributed by atoms with Gasteiger partial charge in [-0.15, -0.1) is 0 Å². The molecule has 2 aromatic rings. The highest BCUT2D eigenvalue weighted by molar-refractivity contribution is 5.89. The number of aliphatic carboxylic acids is 1. The van der Waals surface area contributed by atoms with Gasteiger partial charge in [-0.25, -0.2) is 4.39 Å². The van der Waals surface area contributed by atoms with Crippen molar-refractivity contribution in [3.63, 3.8) is 0 Å². The zero-order chi connectivity index (χ0) is 20.5. The van der Waals surface area contributed by atoms with Gasteiger partial charge >= 0.3 is 5.97 Å². The molecule has 2 aliphatic rings. The number of amides is 1. The Kier molecular flexibility index (Phi) is 5.15. The summed E-state index contributed by atoms with van der Waals surface area (Å²) in [6.45, 7) is 0.800. The first-order valence-corrected chi connectivity index (χ1v) is 10.3. The van der Waals surface area contributed by atoms with Crippen molar-refractivity contribution < 1.29 is 19.1 Å². The van der Waals surface area contributed by atoms with Gasteiger partial charge in [0.1, 0.15) is 5.82 Å². The number of carbonyl (C=O) groups excluding carboxylic acids is 1. The average molecular weight is 395 g/mol. The molecule has 2 aromatic carbocycles. The number of hydrogen-bond donors (Lipinski definition) is 1. The lowest BCUT2D eigenvalue weighted by molar-refractivity contribution is -0.149. The molecule has 152 valence electrons. The fourth-order valence-corrected chi connectivity index (χ4v) is 5.17. The zero-order valence-corrected chi connectivity index (χ0v) is 16.4. The average Bonchev–Trinajstić information content (AvgIpc) is 3.25. The molecule has 4 nitrogen and oxygen atoms in total. The van der Waals surface area contributed by atoms with Crippen molar-refractivity contribution in [3.8, 4) is 0 Å². The molecule has 1 saturated carbocycles. The summed E-state index contributed by atoms with van der Waals surface area (Å²) in [4.78, 5) is 27.6. The van der Waals surface area contributed by atoms with Gasteiger partial charge in [0.05, 0.1) is 10.8 Å². The maximum Gasteiger partial charge on any atom is 0.314 e. The van der Waals surface area contributed by atoms with Crippen LogP contribution in [0.5, 0.6) is 0 Å². The van der Waals surface area contributed by atoms with E-state index < -0.39 is 16.8 Å². The SMILES string of the molecule is O=C(O)C1(c2ccccc2)CCN(C(=O)C2(c3cccc(F)c3)CCCC2)CC1. The number of halogens is 1. The standard InChI is InChI=1S/C24H26FNO3/c25-20-10-6-9-19(17-20)23(11-4-5-12-23)21(27)26-15-13-24(14-16-26,22(28)29)18-7-2-1-3-8-18/h1-3,6-10,17H,4-5,11-16H2,(H,28,29). The quantitative estimate of drug-likeness (QED) is 0.841. The van der Waals surface area contributed by atoms with Crippen LogP contribution in [0.3, 0.4) is 0 Å². The molecule has 0 unspecified atom stereocenters. The van der Waals surface area contributed by atoms with Crippen molar-refractivity contribution in [1.82, 2.24) is 4.90 Å². The summed E-state index contributed by atoms with van der Waals surface area (Å²) >= 11 is 0. The monoisotopic (exact) mass is 395 g/mol. The van der Waals surface area contributed by atoms with E-state index in [4.69, 9.17) is 0 Å². The van der Waals surface area contributed by atoms with E-state index in [1.54, 1.807) is 11.0 Å². The minimum absolute atomic E-state index is 0.0210. The van der Waals surface area contributed by atoms with Crippen LogP contribution in [0.2, 0.25) is 0 Å². The summed E-state index contributed by atoms with van der Waals surface area (Å²) < 4.78 is 13.9. The van der Waals surface area contributed by atoms with Gasteiger partial charge in [0.2, 0.25) is 5.91 Å². The topological polar surface area (TPSA) is 57.6 Å². The molecule has 1 saturated heterocycles. The number of carbonyl (C=O) groups is 2. The molecule has 5 heteroatoms. The minimum atomic E-state index is -0.959. The highest BCUT2D eigenvalue weighted by Gasteiger charge is 2.49. The second-order valence-corrected chi connectivity index (χ2v) is 8.35. The van der Waals surface area contributed by atoms with E-state index in [-0.39, 0.29) is 11.7 Å². The van der Waals surface area contributed by atoms with Crippen LogP contribution in [0.1, 0.15) is 49.7 Å². The predicted molar refractivity (Wildman–Crippen MR) is 108 cm³/mol. The second kappa shape index (κ2) is 7.62. The lowest BCUT2D eigenvalue weighted by Gasteiger charge is -2.42. The number of benzene rings is 2. The molecule has 1 amide bonds. The molecular formula is C24H26FNO3. The number of carboxylic acid groups (broad SMARTS) is 1. The second-order valence-electron chi connectivity index (χ2n) is 8.35. The molecule has 0 aromatic heterocycles. The summed E-state index contributed by atoms with van der Waals surface area (Å²) in [7, 11) is 0. The van der Waals surface area contributed by atoms with Crippen LogP contribution in [0.4, 0.5) is 4.39 Å². The largest absolute Gasteiger partial charge is 0.481 e. The van der Waals surface area contributed by atoms with Gasteiger partial charge in [0, 0.05) is 13.1 Å². The highest BCUT2D eigenvalue weighted by Crippen LogP contribution is 2.44. The maximum atomic E-state index is 13.9. The molecule has 29 heavy (non-hydrogen) atoms. The van der Waals surface area contributed by atoms with Crippen LogP contribution in [0, 0.1) is 5.82 Å². The Balaban J connectivity index is 1.59. The van der Waals surface area contributed by atoms with E-state index in [2.05, 4.69) is 0 Å². The van der Waals surface area contributed by atoms with Crippen LogP contribution >= 0.6 is 0 Å². The summed E-state index contributed by atoms with van der Waals surface area (Å²) in [5.41, 5.74) is -0.101. The Morgan fingerprint density at radius 2 is 1.45 bits per heavy atom. The van der Waals surface area contributed by atoms with E-state index in [1.807, 2.05) is 36.4 Å². The predicted octanol–water partition coefficient (Wildman–Crippen LogP) is 4.28. The number of piperidine rings is 1. The minimum Gasteiger partial charge on any atom is -0.481 e. The zero-order valence-electron chi connectivity index (χ0n) is 16.4. The van der Waals surface area contributed by atoms with E-state index in [9.17, 15) is 19.1 Å². The molecular weight excluding hydrogens is 369 g/mol. The third-order valence-corrected chi connectivity index (χ3v) is 6.88. The van der Waals surface area contributed by atoms with Gasteiger partial charge in [-0.1, -0.05) is 55.3 Å². The van der Waals surface area contributed by atoms with E-state index in [1.165, 1.54) is 12.1 Å². The van der Waals surface area contributed by atoms with Crippen molar-refractivity contribution in [2.75, 3.05) is 13.1 Å². The van der Waals surface area contributed by atoms with Crippen molar-refractivity contribution in [1.29, 1.82) is 0 Å². The molecule has 2 fully saturated rings. The lowest BCUT2D eigenvalue weighted by atomic mass is 9.71. The highest BCUT2D eigenvalue weighted by atomic mass is 19.1. The fraction of sp³-hybridized carbons (Fsp3) is 0.417. The first-order chi connectivity index (χ1) is 14.0. The third-order valence-electron chi connectivity index (χ3n) is 6.88. The van der Waals surface area contributed by atoms with Crippen LogP contribution in [0.25, 0.3) is 0 Å². The normalized spacial score (nSPS) is 20.4. The molecule has 0 bridgehead atoms. The first kappa shape index (κ1) is 19.6. The third kappa shape index (κ3) is 3.33. The molecule has 4 rings (SSSR count). The van der Waals surface area contributed by atoms with Crippen LogP contribution in [0.15, 0.2) is 54.6 Å². The molecule has 0 atom stereocenters. The van der Waals surface area contributed by atoms with Gasteiger partial charge in [-0.2, -0.15) is 0 Å². The Morgan fingerprint density at radius 1 is 0.828 bits per heavy atom. The van der Waals surface area contributed by atoms with E-state index in [0.717, 1.165) is 24.0 Å². The Hall–Kier alpha value is -2.69. The molecule has 1 aliphatic heterocycles. The Labute approximate surface area is 170 Å². The Bertz CT molecular complexity index is 897. The molecule has 0 spiro atoms. The molecule has 0 radical (unpaired) electrons. The van der Waals surface area contributed by atoms with Crippen molar-refractivity contribution >= 4 is 11.9 Å². The van der Waals surface area contributed by atoms with Gasteiger partial charge in [-0.3, -0.25) is 9.59 Å². The summed E-state index contributed by atoms with van der Waals surface area (Å²) in [6.07, 6.45) is 4.09. The van der Waals surface area contributed by atoms with Crippen molar-refractivity contribution in [2.45, 2.75) is 49.4 Å². The molecule has 1 N–H and O–H groups in total. The van der Waals surface area contributed by atoms with Gasteiger partial charge < -0.3 is 10.0 Å². The smallest absolute Gasteiger partial charge is 0.314 e. The number of hydrogen-bond acceptors (Lipinski definition) is 2. The van der Waals surface area contributed by atoms with Crippen LogP contribution < -0.4 is 0 Å². The van der Waals surface area contributed by atoms with Gasteiger partial charge in [0.15, 0.2) is 0 Å². The summed E-state index contributed by atoms with van der Waals surface area (Å²) in [6, 6.07) is 15.7. The number of rotatable bonds is 4.